The van der Waals surface area contributed by atoms with Gasteiger partial charge >= 0.3 is 12.1 Å². The number of hydrogen-bond donors (Lipinski definition) is 5. The first-order chi connectivity index (χ1) is 13.6. The maximum atomic E-state index is 11.8. The Bertz CT molecular complexity index is 765. The highest BCUT2D eigenvalue weighted by Gasteiger charge is 2.05. The van der Waals surface area contributed by atoms with Crippen molar-refractivity contribution in [2.24, 2.45) is 5.73 Å². The first kappa shape index (κ1) is 21.2. The number of nitrogens with two attached hydrogens (primary N) is 1. The summed E-state index contributed by atoms with van der Waals surface area (Å²) in [5.74, 6) is 0. The van der Waals surface area contributed by atoms with E-state index in [0.717, 1.165) is 37.2 Å². The standard InChI is InChI=1S/C21H29N5O2/c1-2-6-17-15-19(25-20(22)27)10-9-16(17)11-12-23-13-14-24-21(28)26-18-7-4-3-5-8-18/h3-5,7-10,15,23H,2,6,11-14H2,1H3,(H3,22,25,27)(H2,24,26,28). The Morgan fingerprint density at radius 3 is 2.36 bits per heavy atom. The van der Waals surface area contributed by atoms with Crippen molar-refractivity contribution in [2.45, 2.75) is 26.2 Å². The second-order valence-electron chi connectivity index (χ2n) is 6.47. The van der Waals surface area contributed by atoms with Crippen LogP contribution in [0.4, 0.5) is 21.0 Å². The van der Waals surface area contributed by atoms with Crippen LogP contribution < -0.4 is 27.0 Å². The van der Waals surface area contributed by atoms with Crippen LogP contribution in [0.5, 0.6) is 0 Å². The second kappa shape index (κ2) is 11.6. The van der Waals surface area contributed by atoms with Crippen molar-refractivity contribution in [1.82, 2.24) is 10.6 Å². The van der Waals surface area contributed by atoms with Gasteiger partial charge in [-0.3, -0.25) is 0 Å². The summed E-state index contributed by atoms with van der Waals surface area (Å²) in [4.78, 5) is 22.8. The summed E-state index contributed by atoms with van der Waals surface area (Å²) in [5.41, 5.74) is 9.14. The van der Waals surface area contributed by atoms with Crippen LogP contribution >= 0.6 is 0 Å². The lowest BCUT2D eigenvalue weighted by molar-refractivity contribution is 0.252. The van der Waals surface area contributed by atoms with Crippen LogP contribution in [0.1, 0.15) is 24.5 Å². The van der Waals surface area contributed by atoms with E-state index in [0.29, 0.717) is 13.1 Å². The number of benzene rings is 2. The monoisotopic (exact) mass is 383 g/mol. The molecule has 150 valence electrons. The molecule has 0 radical (unpaired) electrons. The first-order valence-electron chi connectivity index (χ1n) is 9.57. The molecule has 4 amide bonds. The van der Waals surface area contributed by atoms with Crippen LogP contribution in [0, 0.1) is 0 Å². The predicted octanol–water partition coefficient (Wildman–Crippen LogP) is 3.08. The number of primary amides is 1. The van der Waals surface area contributed by atoms with E-state index in [4.69, 9.17) is 5.73 Å². The van der Waals surface area contributed by atoms with Gasteiger partial charge < -0.3 is 27.0 Å². The molecular formula is C21H29N5O2. The third-order valence-corrected chi connectivity index (χ3v) is 4.18. The number of para-hydroxylation sites is 1. The topological polar surface area (TPSA) is 108 Å². The second-order valence-corrected chi connectivity index (χ2v) is 6.47. The molecule has 0 aliphatic carbocycles. The van der Waals surface area contributed by atoms with Gasteiger partial charge in [-0.25, -0.2) is 9.59 Å². The van der Waals surface area contributed by atoms with Gasteiger partial charge in [-0.2, -0.15) is 0 Å². The van der Waals surface area contributed by atoms with Gasteiger partial charge in [0.1, 0.15) is 0 Å². The van der Waals surface area contributed by atoms with E-state index in [2.05, 4.69) is 28.2 Å². The average Bonchev–Trinajstić information content (AvgIpc) is 2.66. The maximum absolute atomic E-state index is 11.8. The molecule has 0 aliphatic rings. The van der Waals surface area contributed by atoms with Crippen LogP contribution in [-0.4, -0.2) is 31.7 Å². The van der Waals surface area contributed by atoms with Gasteiger partial charge in [-0.1, -0.05) is 37.6 Å². The van der Waals surface area contributed by atoms with E-state index in [1.807, 2.05) is 48.5 Å². The lowest BCUT2D eigenvalue weighted by Crippen LogP contribution is -2.35. The number of aryl methyl sites for hydroxylation is 1. The van der Waals surface area contributed by atoms with Crippen molar-refractivity contribution in [2.75, 3.05) is 30.3 Å². The minimum atomic E-state index is -0.555. The molecule has 0 saturated heterocycles. The fraction of sp³-hybridized carbons (Fsp3) is 0.333. The molecule has 0 spiro atoms. The number of amides is 4. The summed E-state index contributed by atoms with van der Waals surface area (Å²) in [6.07, 6.45) is 2.86. The Balaban J connectivity index is 1.69. The fourth-order valence-electron chi connectivity index (χ4n) is 2.90. The third-order valence-electron chi connectivity index (χ3n) is 4.18. The maximum Gasteiger partial charge on any atom is 0.319 e. The zero-order valence-corrected chi connectivity index (χ0v) is 16.3. The zero-order chi connectivity index (χ0) is 20.2. The number of urea groups is 2. The number of carbonyl (C=O) groups is 2. The van der Waals surface area contributed by atoms with E-state index in [1.165, 1.54) is 11.1 Å². The van der Waals surface area contributed by atoms with Crippen molar-refractivity contribution in [3.63, 3.8) is 0 Å². The van der Waals surface area contributed by atoms with E-state index < -0.39 is 6.03 Å². The molecule has 2 rings (SSSR count). The quantitative estimate of drug-likeness (QED) is 0.407. The van der Waals surface area contributed by atoms with Crippen molar-refractivity contribution in [1.29, 1.82) is 0 Å². The van der Waals surface area contributed by atoms with Crippen molar-refractivity contribution >= 4 is 23.4 Å². The summed E-state index contributed by atoms with van der Waals surface area (Å²) in [7, 11) is 0. The van der Waals surface area contributed by atoms with Gasteiger partial charge in [0.25, 0.3) is 0 Å². The lowest BCUT2D eigenvalue weighted by Gasteiger charge is -2.12. The highest BCUT2D eigenvalue weighted by atomic mass is 16.2. The summed E-state index contributed by atoms with van der Waals surface area (Å²) < 4.78 is 0. The molecule has 0 saturated carbocycles. The summed E-state index contributed by atoms with van der Waals surface area (Å²) >= 11 is 0. The van der Waals surface area contributed by atoms with Crippen molar-refractivity contribution < 1.29 is 9.59 Å². The van der Waals surface area contributed by atoms with E-state index in [9.17, 15) is 9.59 Å². The van der Waals surface area contributed by atoms with Crippen LogP contribution in [0.2, 0.25) is 0 Å². The Morgan fingerprint density at radius 2 is 1.64 bits per heavy atom. The van der Waals surface area contributed by atoms with E-state index in [-0.39, 0.29) is 6.03 Å². The number of nitrogens with one attached hydrogen (secondary N) is 4. The van der Waals surface area contributed by atoms with Crippen molar-refractivity contribution in [3.05, 3.63) is 59.7 Å². The molecule has 7 heteroatoms. The molecule has 0 aliphatic heterocycles. The Labute approximate surface area is 166 Å². The molecular weight excluding hydrogens is 354 g/mol. The highest BCUT2D eigenvalue weighted by molar-refractivity contribution is 5.89. The number of rotatable bonds is 10. The van der Waals surface area contributed by atoms with Gasteiger partial charge in [0.15, 0.2) is 0 Å². The predicted molar refractivity (Wildman–Crippen MR) is 114 cm³/mol. The molecule has 0 atom stereocenters. The molecule has 0 fully saturated rings. The molecule has 0 aromatic heterocycles. The Morgan fingerprint density at radius 1 is 0.857 bits per heavy atom. The summed E-state index contributed by atoms with van der Waals surface area (Å²) in [6.45, 7) is 4.16. The van der Waals surface area contributed by atoms with E-state index >= 15 is 0 Å². The fourth-order valence-corrected chi connectivity index (χ4v) is 2.90. The summed E-state index contributed by atoms with van der Waals surface area (Å²) in [6, 6.07) is 14.5. The molecule has 6 N–H and O–H groups in total. The van der Waals surface area contributed by atoms with Crippen molar-refractivity contribution in [3.8, 4) is 0 Å². The summed E-state index contributed by atoms with van der Waals surface area (Å²) in [5, 5.41) is 11.6. The number of hydrogen-bond acceptors (Lipinski definition) is 3. The minimum absolute atomic E-state index is 0.212. The molecule has 0 heterocycles. The van der Waals surface area contributed by atoms with Crippen LogP contribution in [-0.2, 0) is 12.8 Å². The lowest BCUT2D eigenvalue weighted by atomic mass is 10.00. The smallest absolute Gasteiger partial charge is 0.319 e. The first-order valence-corrected chi connectivity index (χ1v) is 9.57. The molecule has 2 aromatic rings. The average molecular weight is 383 g/mol. The normalized spacial score (nSPS) is 10.3. The molecule has 2 aromatic carbocycles. The van der Waals surface area contributed by atoms with Crippen LogP contribution in [0.15, 0.2) is 48.5 Å². The highest BCUT2D eigenvalue weighted by Crippen LogP contribution is 2.18. The van der Waals surface area contributed by atoms with Gasteiger partial charge in [0.2, 0.25) is 0 Å². The van der Waals surface area contributed by atoms with Crippen LogP contribution in [0.25, 0.3) is 0 Å². The minimum Gasteiger partial charge on any atom is -0.351 e. The number of carbonyl (C=O) groups excluding carboxylic acids is 2. The third kappa shape index (κ3) is 7.67. The van der Waals surface area contributed by atoms with Crippen LogP contribution in [0.3, 0.4) is 0 Å². The molecule has 7 nitrogen and oxygen atoms in total. The van der Waals surface area contributed by atoms with E-state index in [1.54, 1.807) is 0 Å². The molecule has 0 bridgehead atoms. The zero-order valence-electron chi connectivity index (χ0n) is 16.3. The molecule has 0 unspecified atom stereocenters. The van der Waals surface area contributed by atoms with Gasteiger partial charge in [0.05, 0.1) is 0 Å². The molecule has 28 heavy (non-hydrogen) atoms. The van der Waals surface area contributed by atoms with Gasteiger partial charge in [-0.05, 0) is 54.8 Å². The Kier molecular flexibility index (Phi) is 8.81. The van der Waals surface area contributed by atoms with Gasteiger partial charge in [0, 0.05) is 24.5 Å². The largest absolute Gasteiger partial charge is 0.351 e. The van der Waals surface area contributed by atoms with Gasteiger partial charge in [-0.15, -0.1) is 0 Å². The Hall–Kier alpha value is -3.06. The number of anilines is 2. The SMILES string of the molecule is CCCc1cc(NC(N)=O)ccc1CCNCCNC(=O)Nc1ccccc1.